The summed E-state index contributed by atoms with van der Waals surface area (Å²) >= 11 is 0. The fraction of sp³-hybridized carbons (Fsp3) is 0.429. The van der Waals surface area contributed by atoms with Gasteiger partial charge in [0.15, 0.2) is 5.78 Å². The minimum Gasteiger partial charge on any atom is -0.433 e. The van der Waals surface area contributed by atoms with Crippen LogP contribution in [0.1, 0.15) is 31.9 Å². The highest BCUT2D eigenvalue weighted by molar-refractivity contribution is 5.86. The maximum Gasteiger partial charge on any atom is 0.527 e. The number of carbonyl (C=O) groups is 2. The Labute approximate surface area is 112 Å². The van der Waals surface area contributed by atoms with Crippen LogP contribution in [-0.2, 0) is 14.4 Å². The van der Waals surface area contributed by atoms with Gasteiger partial charge in [-0.15, -0.1) is 5.06 Å². The number of rotatable bonds is 3. The summed E-state index contributed by atoms with van der Waals surface area (Å²) in [5.41, 5.74) is 0.949. The molecule has 0 radical (unpaired) electrons. The van der Waals surface area contributed by atoms with Gasteiger partial charge in [-0.25, -0.2) is 4.79 Å². The van der Waals surface area contributed by atoms with Gasteiger partial charge in [0.05, 0.1) is 12.6 Å². The Morgan fingerprint density at radius 3 is 2.68 bits per heavy atom. The molecule has 1 aliphatic heterocycles. The van der Waals surface area contributed by atoms with Crippen molar-refractivity contribution >= 4 is 11.9 Å². The lowest BCUT2D eigenvalue weighted by atomic mass is 10.1. The number of hydroxylamine groups is 2. The molecule has 0 bridgehead atoms. The van der Waals surface area contributed by atoms with E-state index in [0.717, 1.165) is 5.56 Å². The first-order valence-corrected chi connectivity index (χ1v) is 6.34. The summed E-state index contributed by atoms with van der Waals surface area (Å²) in [6.45, 7) is 3.67. The zero-order valence-corrected chi connectivity index (χ0v) is 11.0. The number of hydrogen-bond donors (Lipinski definition) is 0. The topological polar surface area (TPSA) is 55.8 Å². The summed E-state index contributed by atoms with van der Waals surface area (Å²) in [5.74, 6) is 0.0538. The van der Waals surface area contributed by atoms with E-state index in [0.29, 0.717) is 6.42 Å². The maximum absolute atomic E-state index is 11.8. The molecular weight excluding hydrogens is 246 g/mol. The largest absolute Gasteiger partial charge is 0.527 e. The monoisotopic (exact) mass is 263 g/mol. The van der Waals surface area contributed by atoms with Crippen LogP contribution >= 0.6 is 0 Å². The molecule has 1 heterocycles. The van der Waals surface area contributed by atoms with Crippen LogP contribution in [0.15, 0.2) is 30.3 Å². The van der Waals surface area contributed by atoms with E-state index >= 15 is 0 Å². The van der Waals surface area contributed by atoms with Crippen molar-refractivity contribution in [2.75, 3.05) is 6.61 Å². The molecule has 0 aromatic heterocycles. The third-order valence-corrected chi connectivity index (χ3v) is 3.18. The van der Waals surface area contributed by atoms with Gasteiger partial charge in [-0.3, -0.25) is 4.79 Å². The summed E-state index contributed by atoms with van der Waals surface area (Å²) in [4.78, 5) is 28.4. The fourth-order valence-corrected chi connectivity index (χ4v) is 2.18. The predicted octanol–water partition coefficient (Wildman–Crippen LogP) is 2.48. The third kappa shape index (κ3) is 2.93. The average Bonchev–Trinajstić information content (AvgIpc) is 2.68. The third-order valence-electron chi connectivity index (χ3n) is 3.18. The summed E-state index contributed by atoms with van der Waals surface area (Å²) in [7, 11) is 0. The number of nitrogens with zero attached hydrogens (tertiary/aromatic N) is 1. The van der Waals surface area contributed by atoms with Gasteiger partial charge >= 0.3 is 6.16 Å². The second kappa shape index (κ2) is 5.84. The minimum absolute atomic E-state index is 0.0538. The van der Waals surface area contributed by atoms with Crippen molar-refractivity contribution in [3.63, 3.8) is 0 Å². The Hall–Kier alpha value is -1.88. The zero-order valence-electron chi connectivity index (χ0n) is 11.0. The smallest absolute Gasteiger partial charge is 0.433 e. The van der Waals surface area contributed by atoms with Crippen LogP contribution in [0.2, 0.25) is 0 Å². The van der Waals surface area contributed by atoms with Crippen molar-refractivity contribution < 1.29 is 19.2 Å². The number of hydrogen-bond acceptors (Lipinski definition) is 5. The Morgan fingerprint density at radius 2 is 2.05 bits per heavy atom. The average molecular weight is 263 g/mol. The molecule has 5 heteroatoms. The molecule has 1 aromatic rings. The minimum atomic E-state index is -0.773. The van der Waals surface area contributed by atoms with E-state index in [1.54, 1.807) is 13.8 Å². The van der Waals surface area contributed by atoms with Crippen LogP contribution in [0.25, 0.3) is 0 Å². The molecule has 1 aliphatic rings. The lowest BCUT2D eigenvalue weighted by Gasteiger charge is -2.25. The van der Waals surface area contributed by atoms with Gasteiger partial charge in [-0.2, -0.15) is 0 Å². The van der Waals surface area contributed by atoms with E-state index in [9.17, 15) is 9.59 Å². The summed E-state index contributed by atoms with van der Waals surface area (Å²) in [6.07, 6.45) is -0.435. The van der Waals surface area contributed by atoms with Gasteiger partial charge in [0, 0.05) is 6.42 Å². The van der Waals surface area contributed by atoms with E-state index in [1.807, 2.05) is 30.3 Å². The van der Waals surface area contributed by atoms with Crippen molar-refractivity contribution in [3.8, 4) is 0 Å². The molecule has 0 amide bonds. The molecule has 0 N–H and O–H groups in total. The molecule has 0 saturated carbocycles. The van der Waals surface area contributed by atoms with Crippen LogP contribution in [-0.4, -0.2) is 29.7 Å². The molecule has 0 aliphatic carbocycles. The SMILES string of the molecule is CCOC(=O)ON1[C@@H](C)C(=O)C[C@H]1c1ccccc1. The van der Waals surface area contributed by atoms with Crippen molar-refractivity contribution in [3.05, 3.63) is 35.9 Å². The lowest BCUT2D eigenvalue weighted by Crippen LogP contribution is -2.34. The molecule has 1 aromatic carbocycles. The van der Waals surface area contributed by atoms with Crippen molar-refractivity contribution in [1.82, 2.24) is 5.06 Å². The summed E-state index contributed by atoms with van der Waals surface area (Å²) in [6, 6.07) is 8.83. The van der Waals surface area contributed by atoms with Gasteiger partial charge in [0.25, 0.3) is 0 Å². The van der Waals surface area contributed by atoms with Gasteiger partial charge in [-0.1, -0.05) is 30.3 Å². The van der Waals surface area contributed by atoms with Gasteiger partial charge in [-0.05, 0) is 19.4 Å². The quantitative estimate of drug-likeness (QED) is 0.784. The first-order valence-electron chi connectivity index (χ1n) is 6.34. The van der Waals surface area contributed by atoms with Crippen LogP contribution < -0.4 is 0 Å². The fourth-order valence-electron chi connectivity index (χ4n) is 2.18. The standard InChI is InChI=1S/C14H17NO4/c1-3-18-14(17)19-15-10(2)13(16)9-12(15)11-7-5-4-6-8-11/h4-8,10,12H,3,9H2,1-2H3/t10-,12-/m0/s1. The first-order chi connectivity index (χ1) is 9.13. The molecule has 19 heavy (non-hydrogen) atoms. The second-order valence-electron chi connectivity index (χ2n) is 4.41. The second-order valence-corrected chi connectivity index (χ2v) is 4.41. The van der Waals surface area contributed by atoms with Crippen molar-refractivity contribution in [2.24, 2.45) is 0 Å². The Balaban J connectivity index is 2.17. The Morgan fingerprint density at radius 1 is 1.37 bits per heavy atom. The number of ether oxygens (including phenoxy) is 1. The highest BCUT2D eigenvalue weighted by atomic mass is 16.8. The number of carbonyl (C=O) groups excluding carboxylic acids is 2. The van der Waals surface area contributed by atoms with E-state index in [2.05, 4.69) is 0 Å². The zero-order chi connectivity index (χ0) is 13.8. The Bertz CT molecular complexity index is 460. The predicted molar refractivity (Wildman–Crippen MR) is 68.2 cm³/mol. The lowest BCUT2D eigenvalue weighted by molar-refractivity contribution is -0.161. The number of Topliss-reactive ketones (excluding diaryl/α,β-unsaturated/α-hetero) is 1. The van der Waals surface area contributed by atoms with E-state index in [1.165, 1.54) is 5.06 Å². The van der Waals surface area contributed by atoms with Crippen LogP contribution in [0, 0.1) is 0 Å². The van der Waals surface area contributed by atoms with Crippen molar-refractivity contribution in [2.45, 2.75) is 32.4 Å². The number of ketones is 1. The molecule has 2 rings (SSSR count). The van der Waals surface area contributed by atoms with Gasteiger partial charge in [0.2, 0.25) is 0 Å². The molecule has 2 atom stereocenters. The van der Waals surface area contributed by atoms with E-state index in [4.69, 9.17) is 9.57 Å². The van der Waals surface area contributed by atoms with Gasteiger partial charge in [0.1, 0.15) is 6.04 Å². The highest BCUT2D eigenvalue weighted by Gasteiger charge is 2.41. The molecule has 1 saturated heterocycles. The molecule has 1 fully saturated rings. The highest BCUT2D eigenvalue weighted by Crippen LogP contribution is 2.34. The van der Waals surface area contributed by atoms with Crippen molar-refractivity contribution in [1.29, 1.82) is 0 Å². The van der Waals surface area contributed by atoms with E-state index in [-0.39, 0.29) is 18.4 Å². The molecule has 102 valence electrons. The van der Waals surface area contributed by atoms with Crippen LogP contribution in [0.3, 0.4) is 0 Å². The van der Waals surface area contributed by atoms with Gasteiger partial charge < -0.3 is 9.57 Å². The van der Waals surface area contributed by atoms with E-state index < -0.39 is 12.2 Å². The summed E-state index contributed by atoms with van der Waals surface area (Å²) in [5, 5.41) is 1.43. The summed E-state index contributed by atoms with van der Waals surface area (Å²) < 4.78 is 4.76. The molecule has 0 unspecified atom stereocenters. The van der Waals surface area contributed by atoms with Crippen LogP contribution in [0.4, 0.5) is 4.79 Å². The Kier molecular flexibility index (Phi) is 4.16. The molecule has 0 spiro atoms. The molecular formula is C14H17NO4. The normalized spacial score (nSPS) is 23.4. The number of benzene rings is 1. The molecule has 5 nitrogen and oxygen atoms in total. The maximum atomic E-state index is 11.8. The first kappa shape index (κ1) is 13.5. The van der Waals surface area contributed by atoms with Crippen LogP contribution in [0.5, 0.6) is 0 Å².